The van der Waals surface area contributed by atoms with E-state index in [0.29, 0.717) is 18.8 Å². The van der Waals surface area contributed by atoms with E-state index in [9.17, 15) is 8.42 Å². The number of hydrogen-bond donors (Lipinski definition) is 0. The highest BCUT2D eigenvalue weighted by Gasteiger charge is 2.48. The van der Waals surface area contributed by atoms with Crippen LogP contribution in [-0.4, -0.2) is 53.9 Å². The van der Waals surface area contributed by atoms with Crippen LogP contribution in [0.25, 0.3) is 0 Å². The van der Waals surface area contributed by atoms with Gasteiger partial charge in [0, 0.05) is 44.5 Å². The standard InChI is InChI=1S/C20H25N3O3S/c1-16(2)23-15-20(26-18-5-3-4-6-19(18)27(23,24)25)9-12-22(14-20)13-17-7-10-21-11-8-17/h3-8,10-11,16H,9,12-15H2,1-2H3. The first-order valence-corrected chi connectivity index (χ1v) is 10.7. The van der Waals surface area contributed by atoms with Crippen LogP contribution in [0.3, 0.4) is 0 Å². The molecule has 1 aromatic heterocycles. The zero-order valence-corrected chi connectivity index (χ0v) is 16.5. The Hall–Kier alpha value is -1.96. The van der Waals surface area contributed by atoms with Crippen molar-refractivity contribution in [2.24, 2.45) is 0 Å². The van der Waals surface area contributed by atoms with Crippen molar-refractivity contribution in [2.45, 2.75) is 43.4 Å². The lowest BCUT2D eigenvalue weighted by Gasteiger charge is -2.33. The number of aromatic nitrogens is 1. The molecule has 0 aliphatic carbocycles. The van der Waals surface area contributed by atoms with E-state index >= 15 is 0 Å². The molecular formula is C20H25N3O3S. The second-order valence-electron chi connectivity index (χ2n) is 7.69. The van der Waals surface area contributed by atoms with Crippen molar-refractivity contribution in [3.63, 3.8) is 0 Å². The van der Waals surface area contributed by atoms with Gasteiger partial charge >= 0.3 is 0 Å². The van der Waals surface area contributed by atoms with E-state index in [1.54, 1.807) is 34.9 Å². The fraction of sp³-hybridized carbons (Fsp3) is 0.450. The zero-order valence-electron chi connectivity index (χ0n) is 15.7. The molecule has 2 aliphatic rings. The summed E-state index contributed by atoms with van der Waals surface area (Å²) in [6.07, 6.45) is 4.39. The largest absolute Gasteiger partial charge is 0.483 e. The van der Waals surface area contributed by atoms with Gasteiger partial charge in [0.05, 0.1) is 6.54 Å². The molecule has 2 aliphatic heterocycles. The summed E-state index contributed by atoms with van der Waals surface area (Å²) in [6, 6.07) is 10.9. The molecule has 6 nitrogen and oxygen atoms in total. The molecule has 27 heavy (non-hydrogen) atoms. The van der Waals surface area contributed by atoms with Gasteiger partial charge in [-0.25, -0.2) is 8.42 Å². The number of sulfonamides is 1. The molecule has 1 atom stereocenters. The maximum atomic E-state index is 13.2. The molecule has 0 amide bonds. The molecule has 2 aromatic rings. The summed E-state index contributed by atoms with van der Waals surface area (Å²) in [5, 5.41) is 0. The Balaban J connectivity index is 1.66. The molecule has 1 spiro atoms. The van der Waals surface area contributed by atoms with Gasteiger partial charge in [-0.2, -0.15) is 4.31 Å². The number of pyridine rings is 1. The maximum absolute atomic E-state index is 13.2. The fourth-order valence-electron chi connectivity index (χ4n) is 3.99. The van der Waals surface area contributed by atoms with E-state index < -0.39 is 15.6 Å². The summed E-state index contributed by atoms with van der Waals surface area (Å²) in [5.74, 6) is 0.464. The predicted octanol–water partition coefficient (Wildman–Crippen LogP) is 2.52. The van der Waals surface area contributed by atoms with Gasteiger partial charge in [-0.1, -0.05) is 12.1 Å². The lowest BCUT2D eigenvalue weighted by atomic mass is 10.0. The summed E-state index contributed by atoms with van der Waals surface area (Å²) in [4.78, 5) is 6.66. The Kier molecular flexibility index (Phi) is 4.70. The van der Waals surface area contributed by atoms with Gasteiger partial charge in [-0.15, -0.1) is 0 Å². The molecule has 0 saturated carbocycles. The number of benzene rings is 1. The van der Waals surface area contributed by atoms with Gasteiger partial charge in [0.2, 0.25) is 10.0 Å². The van der Waals surface area contributed by atoms with Crippen LogP contribution in [0.4, 0.5) is 0 Å². The lowest BCUT2D eigenvalue weighted by molar-refractivity contribution is 0.0532. The van der Waals surface area contributed by atoms with E-state index in [1.165, 1.54) is 5.56 Å². The molecule has 4 rings (SSSR count). The molecule has 1 unspecified atom stereocenters. The van der Waals surface area contributed by atoms with Crippen molar-refractivity contribution in [1.82, 2.24) is 14.2 Å². The Morgan fingerprint density at radius 1 is 1.15 bits per heavy atom. The predicted molar refractivity (Wildman–Crippen MR) is 103 cm³/mol. The van der Waals surface area contributed by atoms with Crippen molar-refractivity contribution < 1.29 is 13.2 Å². The minimum absolute atomic E-state index is 0.129. The molecule has 7 heteroatoms. The first-order valence-electron chi connectivity index (χ1n) is 9.31. The average molecular weight is 388 g/mol. The van der Waals surface area contributed by atoms with E-state index in [0.717, 1.165) is 19.5 Å². The molecule has 1 aromatic carbocycles. The van der Waals surface area contributed by atoms with Crippen LogP contribution in [-0.2, 0) is 16.6 Å². The summed E-state index contributed by atoms with van der Waals surface area (Å²) < 4.78 is 34.4. The van der Waals surface area contributed by atoms with E-state index in [-0.39, 0.29) is 10.9 Å². The highest BCUT2D eigenvalue weighted by molar-refractivity contribution is 7.89. The first kappa shape index (κ1) is 18.4. The van der Waals surface area contributed by atoms with Crippen molar-refractivity contribution in [1.29, 1.82) is 0 Å². The van der Waals surface area contributed by atoms with Crippen molar-refractivity contribution in [3.05, 3.63) is 54.4 Å². The molecule has 0 N–H and O–H groups in total. The Labute approximate surface area is 160 Å². The maximum Gasteiger partial charge on any atom is 0.247 e. The van der Waals surface area contributed by atoms with Gasteiger partial charge in [0.1, 0.15) is 16.2 Å². The van der Waals surface area contributed by atoms with E-state index in [4.69, 9.17) is 4.74 Å². The number of nitrogens with zero attached hydrogens (tertiary/aromatic N) is 3. The van der Waals surface area contributed by atoms with Crippen LogP contribution >= 0.6 is 0 Å². The monoisotopic (exact) mass is 387 g/mol. The van der Waals surface area contributed by atoms with Crippen molar-refractivity contribution in [3.8, 4) is 5.75 Å². The van der Waals surface area contributed by atoms with Crippen LogP contribution in [0.15, 0.2) is 53.7 Å². The van der Waals surface area contributed by atoms with Crippen LogP contribution in [0.5, 0.6) is 5.75 Å². The molecule has 0 bridgehead atoms. The normalized spacial score (nSPS) is 25.3. The Bertz CT molecular complexity index is 917. The van der Waals surface area contributed by atoms with Gasteiger partial charge in [-0.05, 0) is 43.7 Å². The molecule has 1 saturated heterocycles. The van der Waals surface area contributed by atoms with Crippen LogP contribution in [0.2, 0.25) is 0 Å². The quantitative estimate of drug-likeness (QED) is 0.810. The third-order valence-corrected chi connectivity index (χ3v) is 7.39. The smallest absolute Gasteiger partial charge is 0.247 e. The van der Waals surface area contributed by atoms with Crippen LogP contribution < -0.4 is 4.74 Å². The SMILES string of the molecule is CC(C)N1CC2(CCN(Cc3ccncc3)C2)Oc2ccccc2S1(=O)=O. The first-order chi connectivity index (χ1) is 12.9. The van der Waals surface area contributed by atoms with E-state index in [2.05, 4.69) is 9.88 Å². The summed E-state index contributed by atoms with van der Waals surface area (Å²) >= 11 is 0. The molecule has 1 fully saturated rings. The molecular weight excluding hydrogens is 362 g/mol. The van der Waals surface area contributed by atoms with E-state index in [1.807, 2.05) is 32.0 Å². The third-order valence-electron chi connectivity index (χ3n) is 5.33. The Morgan fingerprint density at radius 3 is 2.63 bits per heavy atom. The number of rotatable bonds is 3. The summed E-state index contributed by atoms with van der Waals surface area (Å²) in [5.41, 5.74) is 0.668. The van der Waals surface area contributed by atoms with Gasteiger partial charge in [0.25, 0.3) is 0 Å². The molecule has 144 valence electrons. The second-order valence-corrected chi connectivity index (χ2v) is 9.55. The minimum Gasteiger partial charge on any atom is -0.483 e. The number of hydrogen-bond acceptors (Lipinski definition) is 5. The highest BCUT2D eigenvalue weighted by atomic mass is 32.2. The van der Waals surface area contributed by atoms with Gasteiger partial charge in [0.15, 0.2) is 0 Å². The molecule has 3 heterocycles. The Morgan fingerprint density at radius 2 is 1.89 bits per heavy atom. The topological polar surface area (TPSA) is 62.7 Å². The zero-order chi connectivity index (χ0) is 19.1. The van der Waals surface area contributed by atoms with Crippen molar-refractivity contribution >= 4 is 10.0 Å². The molecule has 0 radical (unpaired) electrons. The second kappa shape index (κ2) is 6.89. The number of likely N-dealkylation sites (tertiary alicyclic amines) is 1. The average Bonchev–Trinajstić information content (AvgIpc) is 2.98. The fourth-order valence-corrected chi connectivity index (χ4v) is 5.82. The van der Waals surface area contributed by atoms with Gasteiger partial charge in [-0.3, -0.25) is 9.88 Å². The lowest BCUT2D eigenvalue weighted by Crippen LogP contribution is -2.51. The van der Waals surface area contributed by atoms with Crippen molar-refractivity contribution in [2.75, 3.05) is 19.6 Å². The summed E-state index contributed by atoms with van der Waals surface area (Å²) in [7, 11) is -3.58. The number of fused-ring (bicyclic) bond motifs is 1. The summed E-state index contributed by atoms with van der Waals surface area (Å²) in [6.45, 7) is 6.59. The number of para-hydroxylation sites is 1. The van der Waals surface area contributed by atoms with Gasteiger partial charge < -0.3 is 4.74 Å². The number of ether oxygens (including phenoxy) is 1. The third kappa shape index (κ3) is 3.47. The van der Waals surface area contributed by atoms with Crippen LogP contribution in [0.1, 0.15) is 25.8 Å². The van der Waals surface area contributed by atoms with Crippen LogP contribution in [0, 0.1) is 0 Å². The minimum atomic E-state index is -3.58. The highest BCUT2D eigenvalue weighted by Crippen LogP contribution is 2.39.